The van der Waals surface area contributed by atoms with Crippen molar-refractivity contribution in [3.8, 4) is 11.8 Å². The fourth-order valence-electron chi connectivity index (χ4n) is 2.52. The van der Waals surface area contributed by atoms with Gasteiger partial charge in [0.2, 0.25) is 0 Å². The quantitative estimate of drug-likeness (QED) is 0.661. The van der Waals surface area contributed by atoms with E-state index in [-0.39, 0.29) is 10.5 Å². The molecule has 0 aliphatic carbocycles. The second-order valence-electron chi connectivity index (χ2n) is 6.06. The van der Waals surface area contributed by atoms with Crippen LogP contribution in [0.1, 0.15) is 27.0 Å². The molecule has 0 radical (unpaired) electrons. The number of sulfonamides is 1. The third-order valence-corrected chi connectivity index (χ3v) is 5.37. The normalized spacial score (nSPS) is 10.6. The maximum Gasteiger partial charge on any atom is 0.336 e. The van der Waals surface area contributed by atoms with Crippen LogP contribution in [0.2, 0.25) is 0 Å². The first-order chi connectivity index (χ1) is 13.4. The summed E-state index contributed by atoms with van der Waals surface area (Å²) in [5.74, 6) is 4.62. The number of aryl methyl sites for hydroxylation is 1. The van der Waals surface area contributed by atoms with E-state index >= 15 is 0 Å². The molecule has 0 bridgehead atoms. The zero-order valence-corrected chi connectivity index (χ0v) is 15.8. The molecule has 140 valence electrons. The van der Waals surface area contributed by atoms with Gasteiger partial charge in [-0.1, -0.05) is 53.8 Å². The van der Waals surface area contributed by atoms with E-state index in [4.69, 9.17) is 0 Å². The first-order valence-electron chi connectivity index (χ1n) is 8.40. The van der Waals surface area contributed by atoms with Gasteiger partial charge in [-0.25, -0.2) is 13.2 Å². The predicted molar refractivity (Wildman–Crippen MR) is 108 cm³/mol. The van der Waals surface area contributed by atoms with E-state index in [1.54, 1.807) is 54.6 Å². The Bertz CT molecular complexity index is 1190. The van der Waals surface area contributed by atoms with Crippen LogP contribution in [0, 0.1) is 18.8 Å². The SMILES string of the molecule is Cc1ccc(S(=O)(=O)Nc2ccccc2C#Cc2ccccc2C(=O)O)cc1. The number of anilines is 1. The molecule has 0 aliphatic rings. The van der Waals surface area contributed by atoms with Crippen LogP contribution in [0.3, 0.4) is 0 Å². The van der Waals surface area contributed by atoms with Gasteiger partial charge in [-0.2, -0.15) is 0 Å². The number of hydrogen-bond acceptors (Lipinski definition) is 3. The van der Waals surface area contributed by atoms with E-state index in [9.17, 15) is 18.3 Å². The topological polar surface area (TPSA) is 83.5 Å². The number of nitrogens with one attached hydrogen (secondary N) is 1. The van der Waals surface area contributed by atoms with E-state index in [0.717, 1.165) is 5.56 Å². The molecule has 0 amide bonds. The Hall–Kier alpha value is -3.56. The van der Waals surface area contributed by atoms with Crippen molar-refractivity contribution < 1.29 is 18.3 Å². The number of rotatable bonds is 4. The monoisotopic (exact) mass is 391 g/mol. The molecule has 0 saturated heterocycles. The zero-order chi connectivity index (χ0) is 20.1. The number of carboxylic acid groups (broad SMARTS) is 1. The lowest BCUT2D eigenvalue weighted by molar-refractivity contribution is 0.0696. The van der Waals surface area contributed by atoms with E-state index < -0.39 is 16.0 Å². The number of para-hydroxylation sites is 1. The third kappa shape index (κ3) is 4.40. The molecule has 3 aromatic carbocycles. The Kier molecular flexibility index (Phi) is 5.48. The van der Waals surface area contributed by atoms with Crippen LogP contribution in [0.25, 0.3) is 0 Å². The van der Waals surface area contributed by atoms with E-state index in [1.807, 2.05) is 6.92 Å². The average Bonchev–Trinajstić information content (AvgIpc) is 2.67. The van der Waals surface area contributed by atoms with Gasteiger partial charge in [-0.3, -0.25) is 4.72 Å². The lowest BCUT2D eigenvalue weighted by atomic mass is 10.1. The largest absolute Gasteiger partial charge is 0.478 e. The van der Waals surface area contributed by atoms with Crippen LogP contribution >= 0.6 is 0 Å². The zero-order valence-electron chi connectivity index (χ0n) is 15.0. The Morgan fingerprint density at radius 3 is 2.11 bits per heavy atom. The maximum absolute atomic E-state index is 12.6. The molecular weight excluding hydrogens is 374 g/mol. The minimum atomic E-state index is -3.77. The van der Waals surface area contributed by atoms with Gasteiger partial charge in [0.05, 0.1) is 16.1 Å². The number of benzene rings is 3. The fourth-order valence-corrected chi connectivity index (χ4v) is 3.60. The van der Waals surface area contributed by atoms with Crippen LogP contribution < -0.4 is 4.72 Å². The second kappa shape index (κ2) is 7.99. The van der Waals surface area contributed by atoms with Gasteiger partial charge in [0.15, 0.2) is 0 Å². The summed E-state index contributed by atoms with van der Waals surface area (Å²) in [5, 5.41) is 9.26. The van der Waals surface area contributed by atoms with Crippen molar-refractivity contribution in [1.82, 2.24) is 0 Å². The summed E-state index contributed by atoms with van der Waals surface area (Å²) in [6, 6.07) is 19.6. The number of carbonyl (C=O) groups is 1. The molecule has 0 saturated carbocycles. The molecule has 0 heterocycles. The molecule has 3 aromatic rings. The van der Waals surface area contributed by atoms with Crippen molar-refractivity contribution in [1.29, 1.82) is 0 Å². The van der Waals surface area contributed by atoms with Gasteiger partial charge in [-0.15, -0.1) is 0 Å². The highest BCUT2D eigenvalue weighted by atomic mass is 32.2. The van der Waals surface area contributed by atoms with Crippen LogP contribution in [-0.4, -0.2) is 19.5 Å². The van der Waals surface area contributed by atoms with Gasteiger partial charge in [-0.05, 0) is 43.3 Å². The molecule has 5 nitrogen and oxygen atoms in total. The van der Waals surface area contributed by atoms with Crippen molar-refractivity contribution >= 4 is 21.7 Å². The minimum absolute atomic E-state index is 0.0905. The lowest BCUT2D eigenvalue weighted by Crippen LogP contribution is -2.13. The van der Waals surface area contributed by atoms with Crippen molar-refractivity contribution in [3.63, 3.8) is 0 Å². The highest BCUT2D eigenvalue weighted by Gasteiger charge is 2.15. The summed E-state index contributed by atoms with van der Waals surface area (Å²) in [6.07, 6.45) is 0. The van der Waals surface area contributed by atoms with Crippen LogP contribution in [0.5, 0.6) is 0 Å². The molecule has 2 N–H and O–H groups in total. The van der Waals surface area contributed by atoms with Gasteiger partial charge in [0.1, 0.15) is 0 Å². The van der Waals surface area contributed by atoms with Gasteiger partial charge in [0, 0.05) is 11.1 Å². The summed E-state index contributed by atoms with van der Waals surface area (Å²) in [7, 11) is -3.77. The minimum Gasteiger partial charge on any atom is -0.478 e. The smallest absolute Gasteiger partial charge is 0.336 e. The van der Waals surface area contributed by atoms with E-state index in [0.29, 0.717) is 16.8 Å². The summed E-state index contributed by atoms with van der Waals surface area (Å²) < 4.78 is 27.8. The predicted octanol–water partition coefficient (Wildman–Crippen LogP) is 3.89. The summed E-state index contributed by atoms with van der Waals surface area (Å²) in [6.45, 7) is 1.88. The molecule has 0 spiro atoms. The highest BCUT2D eigenvalue weighted by molar-refractivity contribution is 7.92. The summed E-state index contributed by atoms with van der Waals surface area (Å²) in [5.41, 5.74) is 2.17. The van der Waals surface area contributed by atoms with Crippen molar-refractivity contribution in [2.75, 3.05) is 4.72 Å². The van der Waals surface area contributed by atoms with Crippen molar-refractivity contribution in [2.45, 2.75) is 11.8 Å². The van der Waals surface area contributed by atoms with E-state index in [1.165, 1.54) is 18.2 Å². The Balaban J connectivity index is 1.96. The van der Waals surface area contributed by atoms with Crippen LogP contribution in [-0.2, 0) is 10.0 Å². The molecule has 0 aliphatic heterocycles. The molecule has 0 fully saturated rings. The molecule has 0 aromatic heterocycles. The first kappa shape index (κ1) is 19.2. The summed E-state index contributed by atoms with van der Waals surface area (Å²) >= 11 is 0. The number of hydrogen-bond donors (Lipinski definition) is 2. The Morgan fingerprint density at radius 2 is 1.43 bits per heavy atom. The third-order valence-electron chi connectivity index (χ3n) is 3.99. The molecular formula is C22H17NO4S. The number of carboxylic acids is 1. The van der Waals surface area contributed by atoms with E-state index in [2.05, 4.69) is 16.6 Å². The second-order valence-corrected chi connectivity index (χ2v) is 7.75. The first-order valence-corrected chi connectivity index (χ1v) is 9.88. The molecule has 6 heteroatoms. The fraction of sp³-hybridized carbons (Fsp3) is 0.0455. The lowest BCUT2D eigenvalue weighted by Gasteiger charge is -2.10. The molecule has 3 rings (SSSR count). The van der Waals surface area contributed by atoms with Crippen LogP contribution in [0.4, 0.5) is 5.69 Å². The van der Waals surface area contributed by atoms with Crippen molar-refractivity contribution in [2.24, 2.45) is 0 Å². The average molecular weight is 391 g/mol. The standard InChI is InChI=1S/C22H17NO4S/c1-16-10-14-19(15-11-16)28(26,27)23-21-9-5-3-7-18(21)13-12-17-6-2-4-8-20(17)22(24)25/h2-11,14-15,23H,1H3,(H,24,25). The molecule has 0 unspecified atom stereocenters. The van der Waals surface area contributed by atoms with Gasteiger partial charge < -0.3 is 5.11 Å². The van der Waals surface area contributed by atoms with Gasteiger partial charge >= 0.3 is 5.97 Å². The van der Waals surface area contributed by atoms with Crippen molar-refractivity contribution in [3.05, 3.63) is 95.1 Å². The number of aromatic carboxylic acids is 1. The highest BCUT2D eigenvalue weighted by Crippen LogP contribution is 2.20. The Morgan fingerprint density at radius 1 is 0.857 bits per heavy atom. The van der Waals surface area contributed by atoms with Gasteiger partial charge in [0.25, 0.3) is 10.0 Å². The maximum atomic E-state index is 12.6. The summed E-state index contributed by atoms with van der Waals surface area (Å²) in [4.78, 5) is 11.5. The molecule has 0 atom stereocenters. The Labute approximate surface area is 163 Å². The van der Waals surface area contributed by atoms with Crippen LogP contribution in [0.15, 0.2) is 77.7 Å². The molecule has 28 heavy (non-hydrogen) atoms.